The van der Waals surface area contributed by atoms with Gasteiger partial charge in [0.2, 0.25) is 0 Å². The Balaban J connectivity index is 2.19. The smallest absolute Gasteiger partial charge is 0.0436 e. The molecule has 1 unspecified atom stereocenters. The van der Waals surface area contributed by atoms with Gasteiger partial charge in [0.15, 0.2) is 0 Å². The fourth-order valence-electron chi connectivity index (χ4n) is 2.63. The normalized spacial score (nSPS) is 18.5. The van der Waals surface area contributed by atoms with Gasteiger partial charge in [0, 0.05) is 6.61 Å². The van der Waals surface area contributed by atoms with E-state index in [1.54, 1.807) is 0 Å². The highest BCUT2D eigenvalue weighted by molar-refractivity contribution is 5.30. The Labute approximate surface area is 92.1 Å². The minimum Gasteiger partial charge on any atom is -0.396 e. The van der Waals surface area contributed by atoms with Crippen molar-refractivity contribution in [2.45, 2.75) is 38.5 Å². The molecule has 1 atom stereocenters. The predicted octanol–water partition coefficient (Wildman–Crippen LogP) is 3.26. The minimum atomic E-state index is 0.315. The standard InChI is InChI=1S/C14H20O/c1-11-5-2-3-8-13(11)14(9-10-15)12-6-4-7-12/h2-3,5,8,12,14-15H,4,6-7,9-10H2,1H3. The van der Waals surface area contributed by atoms with Crippen LogP contribution < -0.4 is 0 Å². The van der Waals surface area contributed by atoms with E-state index in [4.69, 9.17) is 5.11 Å². The number of hydrogen-bond donors (Lipinski definition) is 1. The van der Waals surface area contributed by atoms with Crippen molar-refractivity contribution < 1.29 is 5.11 Å². The quantitative estimate of drug-likeness (QED) is 0.798. The zero-order valence-corrected chi connectivity index (χ0v) is 9.45. The summed E-state index contributed by atoms with van der Waals surface area (Å²) in [5.74, 6) is 1.41. The Morgan fingerprint density at radius 1 is 1.33 bits per heavy atom. The lowest BCUT2D eigenvalue weighted by Crippen LogP contribution is -2.22. The van der Waals surface area contributed by atoms with Gasteiger partial charge in [-0.05, 0) is 49.1 Å². The van der Waals surface area contributed by atoms with Crippen molar-refractivity contribution in [3.63, 3.8) is 0 Å². The van der Waals surface area contributed by atoms with Crippen LogP contribution in [0.5, 0.6) is 0 Å². The highest BCUT2D eigenvalue weighted by Crippen LogP contribution is 2.41. The molecule has 0 aliphatic heterocycles. The number of hydrogen-bond acceptors (Lipinski definition) is 1. The van der Waals surface area contributed by atoms with Crippen LogP contribution in [-0.4, -0.2) is 11.7 Å². The van der Waals surface area contributed by atoms with Gasteiger partial charge in [-0.3, -0.25) is 0 Å². The Kier molecular flexibility index (Phi) is 3.42. The molecule has 1 saturated carbocycles. The van der Waals surface area contributed by atoms with Crippen LogP contribution in [0.3, 0.4) is 0 Å². The molecule has 1 fully saturated rings. The van der Waals surface area contributed by atoms with Crippen LogP contribution in [0.1, 0.15) is 42.7 Å². The third-order valence-corrected chi connectivity index (χ3v) is 3.75. The number of aliphatic hydroxyl groups is 1. The first-order valence-electron chi connectivity index (χ1n) is 5.99. The SMILES string of the molecule is Cc1ccccc1C(CCO)C1CCC1. The molecule has 2 rings (SSSR count). The van der Waals surface area contributed by atoms with Gasteiger partial charge in [0.05, 0.1) is 0 Å². The molecule has 1 aliphatic carbocycles. The summed E-state index contributed by atoms with van der Waals surface area (Å²) in [5.41, 5.74) is 2.83. The van der Waals surface area contributed by atoms with E-state index in [9.17, 15) is 0 Å². The molecule has 0 heterocycles. The molecular formula is C14H20O. The van der Waals surface area contributed by atoms with Crippen molar-refractivity contribution in [3.8, 4) is 0 Å². The van der Waals surface area contributed by atoms with E-state index in [1.165, 1.54) is 30.4 Å². The van der Waals surface area contributed by atoms with Crippen LogP contribution in [0.2, 0.25) is 0 Å². The summed E-state index contributed by atoms with van der Waals surface area (Å²) < 4.78 is 0. The van der Waals surface area contributed by atoms with E-state index < -0.39 is 0 Å². The van der Waals surface area contributed by atoms with Gasteiger partial charge in [-0.1, -0.05) is 30.7 Å². The molecule has 0 amide bonds. The molecule has 0 aromatic heterocycles. The minimum absolute atomic E-state index is 0.315. The monoisotopic (exact) mass is 204 g/mol. The lowest BCUT2D eigenvalue weighted by molar-refractivity contribution is 0.206. The Hall–Kier alpha value is -0.820. The number of benzene rings is 1. The van der Waals surface area contributed by atoms with Gasteiger partial charge in [0.25, 0.3) is 0 Å². The Morgan fingerprint density at radius 3 is 2.60 bits per heavy atom. The molecule has 0 bridgehead atoms. The van der Waals surface area contributed by atoms with E-state index in [0.717, 1.165) is 12.3 Å². The summed E-state index contributed by atoms with van der Waals surface area (Å²) in [6.07, 6.45) is 4.99. The topological polar surface area (TPSA) is 20.2 Å². The number of aryl methyl sites for hydroxylation is 1. The zero-order chi connectivity index (χ0) is 10.7. The first-order valence-corrected chi connectivity index (χ1v) is 5.99. The van der Waals surface area contributed by atoms with Crippen LogP contribution in [-0.2, 0) is 0 Å². The Bertz CT molecular complexity index is 315. The maximum absolute atomic E-state index is 9.16. The van der Waals surface area contributed by atoms with E-state index in [2.05, 4.69) is 31.2 Å². The third-order valence-electron chi connectivity index (χ3n) is 3.75. The van der Waals surface area contributed by atoms with Crippen LogP contribution in [0.25, 0.3) is 0 Å². The largest absolute Gasteiger partial charge is 0.396 e. The van der Waals surface area contributed by atoms with E-state index in [1.807, 2.05) is 0 Å². The van der Waals surface area contributed by atoms with Crippen LogP contribution in [0.4, 0.5) is 0 Å². The van der Waals surface area contributed by atoms with Gasteiger partial charge in [-0.2, -0.15) is 0 Å². The van der Waals surface area contributed by atoms with Crippen LogP contribution in [0, 0.1) is 12.8 Å². The molecule has 15 heavy (non-hydrogen) atoms. The fourth-order valence-corrected chi connectivity index (χ4v) is 2.63. The van der Waals surface area contributed by atoms with Crippen LogP contribution >= 0.6 is 0 Å². The highest BCUT2D eigenvalue weighted by atomic mass is 16.3. The van der Waals surface area contributed by atoms with Crippen molar-refractivity contribution in [1.82, 2.24) is 0 Å². The molecule has 1 aromatic carbocycles. The van der Waals surface area contributed by atoms with E-state index >= 15 is 0 Å². The summed E-state index contributed by atoms with van der Waals surface area (Å²) in [5, 5.41) is 9.16. The molecule has 1 aliphatic rings. The van der Waals surface area contributed by atoms with E-state index in [0.29, 0.717) is 12.5 Å². The van der Waals surface area contributed by atoms with Crippen molar-refractivity contribution >= 4 is 0 Å². The molecule has 1 aromatic rings. The average Bonchev–Trinajstić information content (AvgIpc) is 2.15. The predicted molar refractivity (Wildman–Crippen MR) is 63.0 cm³/mol. The fraction of sp³-hybridized carbons (Fsp3) is 0.571. The number of rotatable bonds is 4. The second-order valence-corrected chi connectivity index (χ2v) is 4.67. The lowest BCUT2D eigenvalue weighted by Gasteiger charge is -2.34. The summed E-state index contributed by atoms with van der Waals surface area (Å²) >= 11 is 0. The first kappa shape index (κ1) is 10.7. The summed E-state index contributed by atoms with van der Waals surface area (Å²) in [4.78, 5) is 0. The summed E-state index contributed by atoms with van der Waals surface area (Å²) in [6, 6.07) is 8.62. The van der Waals surface area contributed by atoms with Gasteiger partial charge in [-0.15, -0.1) is 0 Å². The molecule has 1 N–H and O–H groups in total. The molecule has 1 heteroatoms. The maximum Gasteiger partial charge on any atom is 0.0436 e. The third kappa shape index (κ3) is 2.23. The van der Waals surface area contributed by atoms with Crippen molar-refractivity contribution in [2.75, 3.05) is 6.61 Å². The summed E-state index contributed by atoms with van der Waals surface area (Å²) in [6.45, 7) is 2.49. The zero-order valence-electron chi connectivity index (χ0n) is 9.45. The van der Waals surface area contributed by atoms with Crippen molar-refractivity contribution in [2.24, 2.45) is 5.92 Å². The lowest BCUT2D eigenvalue weighted by atomic mass is 9.71. The average molecular weight is 204 g/mol. The van der Waals surface area contributed by atoms with Crippen molar-refractivity contribution in [1.29, 1.82) is 0 Å². The highest BCUT2D eigenvalue weighted by Gasteiger charge is 2.28. The first-order chi connectivity index (χ1) is 7.33. The van der Waals surface area contributed by atoms with E-state index in [-0.39, 0.29) is 0 Å². The maximum atomic E-state index is 9.16. The summed E-state index contributed by atoms with van der Waals surface area (Å²) in [7, 11) is 0. The second-order valence-electron chi connectivity index (χ2n) is 4.67. The number of aliphatic hydroxyl groups excluding tert-OH is 1. The molecule has 1 nitrogen and oxygen atoms in total. The van der Waals surface area contributed by atoms with Gasteiger partial charge in [0.1, 0.15) is 0 Å². The molecule has 0 saturated heterocycles. The van der Waals surface area contributed by atoms with Gasteiger partial charge in [-0.25, -0.2) is 0 Å². The van der Waals surface area contributed by atoms with Crippen LogP contribution in [0.15, 0.2) is 24.3 Å². The second kappa shape index (κ2) is 4.80. The van der Waals surface area contributed by atoms with Gasteiger partial charge >= 0.3 is 0 Å². The Morgan fingerprint density at radius 2 is 2.07 bits per heavy atom. The molecule has 0 radical (unpaired) electrons. The molecule has 0 spiro atoms. The molecular weight excluding hydrogens is 184 g/mol. The van der Waals surface area contributed by atoms with Gasteiger partial charge < -0.3 is 5.11 Å². The molecule has 82 valence electrons. The van der Waals surface area contributed by atoms with Crippen molar-refractivity contribution in [3.05, 3.63) is 35.4 Å².